The predicted molar refractivity (Wildman–Crippen MR) is 70.9 cm³/mol. The average Bonchev–Trinajstić information content (AvgIpc) is 2.71. The largest absolute Gasteiger partial charge is 0.376 e. The van der Waals surface area contributed by atoms with Gasteiger partial charge in [0.2, 0.25) is 5.95 Å². The summed E-state index contributed by atoms with van der Waals surface area (Å²) in [6.07, 6.45) is 4.55. The Bertz CT molecular complexity index is 359. The van der Waals surface area contributed by atoms with Gasteiger partial charge in [-0.1, -0.05) is 13.3 Å². The van der Waals surface area contributed by atoms with Gasteiger partial charge in [0, 0.05) is 12.7 Å². The molecule has 0 aliphatic carbocycles. The van der Waals surface area contributed by atoms with Crippen LogP contribution in [0.15, 0.2) is 6.20 Å². The summed E-state index contributed by atoms with van der Waals surface area (Å²) < 4.78 is 13.2. The normalized spacial score (nSPS) is 20.0. The second-order valence-corrected chi connectivity index (χ2v) is 4.71. The maximum atomic E-state index is 5.67. The van der Waals surface area contributed by atoms with Gasteiger partial charge in [-0.3, -0.25) is 0 Å². The zero-order chi connectivity index (χ0) is 12.8. The molecule has 0 amide bonds. The SMILES string of the molecule is CCCCNc1nc(C)cn1CC1COCCO1. The lowest BCUT2D eigenvalue weighted by atomic mass is 10.3. The molecular weight excluding hydrogens is 230 g/mol. The van der Waals surface area contributed by atoms with E-state index in [4.69, 9.17) is 9.47 Å². The average molecular weight is 253 g/mol. The number of rotatable bonds is 6. The van der Waals surface area contributed by atoms with Crippen LogP contribution in [-0.4, -0.2) is 42.0 Å². The van der Waals surface area contributed by atoms with Crippen molar-refractivity contribution in [3.8, 4) is 0 Å². The summed E-state index contributed by atoms with van der Waals surface area (Å²) in [7, 11) is 0. The lowest BCUT2D eigenvalue weighted by Gasteiger charge is -2.23. The van der Waals surface area contributed by atoms with Crippen LogP contribution in [-0.2, 0) is 16.0 Å². The van der Waals surface area contributed by atoms with Crippen LogP contribution in [0, 0.1) is 6.92 Å². The van der Waals surface area contributed by atoms with Crippen molar-refractivity contribution in [3.63, 3.8) is 0 Å². The summed E-state index contributed by atoms with van der Waals surface area (Å²) in [6.45, 7) is 8.04. The van der Waals surface area contributed by atoms with Gasteiger partial charge in [-0.2, -0.15) is 0 Å². The maximum Gasteiger partial charge on any atom is 0.203 e. The number of aryl methyl sites for hydroxylation is 1. The highest BCUT2D eigenvalue weighted by molar-refractivity contribution is 5.28. The van der Waals surface area contributed by atoms with Crippen LogP contribution >= 0.6 is 0 Å². The summed E-state index contributed by atoms with van der Waals surface area (Å²) >= 11 is 0. The molecule has 1 fully saturated rings. The summed E-state index contributed by atoms with van der Waals surface area (Å²) in [6, 6.07) is 0. The number of ether oxygens (including phenoxy) is 2. The Kier molecular flexibility index (Phi) is 5.01. The minimum Gasteiger partial charge on any atom is -0.376 e. The molecule has 5 nitrogen and oxygen atoms in total. The molecule has 2 rings (SSSR count). The van der Waals surface area contributed by atoms with Gasteiger partial charge in [-0.25, -0.2) is 4.98 Å². The maximum absolute atomic E-state index is 5.67. The van der Waals surface area contributed by atoms with Gasteiger partial charge in [-0.05, 0) is 13.3 Å². The molecule has 1 unspecified atom stereocenters. The van der Waals surface area contributed by atoms with Gasteiger partial charge in [0.1, 0.15) is 0 Å². The molecule has 1 saturated heterocycles. The Balaban J connectivity index is 1.93. The number of anilines is 1. The first kappa shape index (κ1) is 13.4. The van der Waals surface area contributed by atoms with E-state index >= 15 is 0 Å². The zero-order valence-electron chi connectivity index (χ0n) is 11.3. The summed E-state index contributed by atoms with van der Waals surface area (Å²) in [5.74, 6) is 0.940. The molecule has 0 bridgehead atoms. The molecule has 1 aliphatic rings. The number of unbranched alkanes of at least 4 members (excludes halogenated alkanes) is 1. The van der Waals surface area contributed by atoms with E-state index in [1.54, 1.807) is 0 Å². The van der Waals surface area contributed by atoms with Crippen molar-refractivity contribution in [3.05, 3.63) is 11.9 Å². The monoisotopic (exact) mass is 253 g/mol. The molecular formula is C13H23N3O2. The van der Waals surface area contributed by atoms with Gasteiger partial charge < -0.3 is 19.4 Å². The summed E-state index contributed by atoms with van der Waals surface area (Å²) in [5.41, 5.74) is 1.03. The molecule has 0 spiro atoms. The fourth-order valence-electron chi connectivity index (χ4n) is 2.07. The van der Waals surface area contributed by atoms with E-state index in [2.05, 4.69) is 28.0 Å². The molecule has 18 heavy (non-hydrogen) atoms. The molecule has 1 aromatic heterocycles. The molecule has 1 N–H and O–H groups in total. The number of hydrogen-bond acceptors (Lipinski definition) is 4. The molecule has 1 atom stereocenters. The highest BCUT2D eigenvalue weighted by atomic mass is 16.6. The van der Waals surface area contributed by atoms with Crippen molar-refractivity contribution in [1.82, 2.24) is 9.55 Å². The van der Waals surface area contributed by atoms with Crippen molar-refractivity contribution < 1.29 is 9.47 Å². The topological polar surface area (TPSA) is 48.3 Å². The third-order valence-corrected chi connectivity index (χ3v) is 3.00. The molecule has 0 aromatic carbocycles. The minimum atomic E-state index is 0.138. The van der Waals surface area contributed by atoms with Crippen molar-refractivity contribution >= 4 is 5.95 Å². The second-order valence-electron chi connectivity index (χ2n) is 4.71. The van der Waals surface area contributed by atoms with E-state index in [1.165, 1.54) is 6.42 Å². The highest BCUT2D eigenvalue weighted by Gasteiger charge is 2.16. The van der Waals surface area contributed by atoms with Crippen LogP contribution in [0.2, 0.25) is 0 Å². The van der Waals surface area contributed by atoms with Crippen LogP contribution < -0.4 is 5.32 Å². The van der Waals surface area contributed by atoms with E-state index in [-0.39, 0.29) is 6.10 Å². The van der Waals surface area contributed by atoms with Gasteiger partial charge >= 0.3 is 0 Å². The highest BCUT2D eigenvalue weighted by Crippen LogP contribution is 2.12. The molecule has 2 heterocycles. The molecule has 0 saturated carbocycles. The number of aromatic nitrogens is 2. The molecule has 1 aliphatic heterocycles. The lowest BCUT2D eigenvalue weighted by Crippen LogP contribution is -2.32. The first-order chi connectivity index (χ1) is 8.79. The Morgan fingerprint density at radius 1 is 1.50 bits per heavy atom. The standard InChI is InChI=1S/C13H23N3O2/c1-3-4-5-14-13-15-11(2)8-16(13)9-12-10-17-6-7-18-12/h8,12H,3-7,9-10H2,1-2H3,(H,14,15). The first-order valence-corrected chi connectivity index (χ1v) is 6.76. The van der Waals surface area contributed by atoms with Crippen molar-refractivity contribution in [2.75, 3.05) is 31.7 Å². The fraction of sp³-hybridized carbons (Fsp3) is 0.769. The second kappa shape index (κ2) is 6.75. The summed E-state index contributed by atoms with van der Waals surface area (Å²) in [4.78, 5) is 4.50. The zero-order valence-corrected chi connectivity index (χ0v) is 11.3. The Morgan fingerprint density at radius 3 is 3.11 bits per heavy atom. The lowest BCUT2D eigenvalue weighted by molar-refractivity contribution is -0.0934. The molecule has 0 radical (unpaired) electrons. The minimum absolute atomic E-state index is 0.138. The Morgan fingerprint density at radius 2 is 2.39 bits per heavy atom. The van der Waals surface area contributed by atoms with E-state index < -0.39 is 0 Å². The summed E-state index contributed by atoms with van der Waals surface area (Å²) in [5, 5.41) is 3.38. The number of hydrogen-bond donors (Lipinski definition) is 1. The van der Waals surface area contributed by atoms with Gasteiger partial charge in [0.05, 0.1) is 38.2 Å². The van der Waals surface area contributed by atoms with Crippen molar-refractivity contribution in [1.29, 1.82) is 0 Å². The number of imidazole rings is 1. The van der Waals surface area contributed by atoms with Gasteiger partial charge in [0.25, 0.3) is 0 Å². The van der Waals surface area contributed by atoms with Crippen LogP contribution in [0.25, 0.3) is 0 Å². The number of nitrogens with one attached hydrogen (secondary N) is 1. The van der Waals surface area contributed by atoms with E-state index in [0.29, 0.717) is 19.8 Å². The van der Waals surface area contributed by atoms with Gasteiger partial charge in [0.15, 0.2) is 0 Å². The van der Waals surface area contributed by atoms with Crippen molar-refractivity contribution in [2.45, 2.75) is 39.3 Å². The fourth-order valence-corrected chi connectivity index (χ4v) is 2.07. The van der Waals surface area contributed by atoms with Crippen LogP contribution in [0.5, 0.6) is 0 Å². The third-order valence-electron chi connectivity index (χ3n) is 3.00. The van der Waals surface area contributed by atoms with Gasteiger partial charge in [-0.15, -0.1) is 0 Å². The van der Waals surface area contributed by atoms with Crippen LogP contribution in [0.4, 0.5) is 5.95 Å². The molecule has 1 aromatic rings. The quantitative estimate of drug-likeness (QED) is 0.786. The smallest absolute Gasteiger partial charge is 0.203 e. The van der Waals surface area contributed by atoms with Crippen LogP contribution in [0.3, 0.4) is 0 Å². The van der Waals surface area contributed by atoms with Crippen LogP contribution in [0.1, 0.15) is 25.5 Å². The molecule has 102 valence electrons. The third kappa shape index (κ3) is 3.71. The Labute approximate surface area is 108 Å². The predicted octanol–water partition coefficient (Wildman–Crippen LogP) is 1.82. The number of nitrogens with zero attached hydrogens (tertiary/aromatic N) is 2. The van der Waals surface area contributed by atoms with Crippen molar-refractivity contribution in [2.24, 2.45) is 0 Å². The van der Waals surface area contributed by atoms with E-state index in [1.807, 2.05) is 6.92 Å². The van der Waals surface area contributed by atoms with E-state index in [0.717, 1.165) is 31.2 Å². The first-order valence-electron chi connectivity index (χ1n) is 6.76. The Hall–Kier alpha value is -1.07. The molecule has 5 heteroatoms. The van der Waals surface area contributed by atoms with E-state index in [9.17, 15) is 0 Å².